The summed E-state index contributed by atoms with van der Waals surface area (Å²) in [5.41, 5.74) is 0.314. The highest BCUT2D eigenvalue weighted by Crippen LogP contribution is 2.50. The van der Waals surface area contributed by atoms with Gasteiger partial charge in [0.2, 0.25) is 5.91 Å². The Balaban J connectivity index is 1.35. The second-order valence-electron chi connectivity index (χ2n) is 9.44. The van der Waals surface area contributed by atoms with E-state index in [0.717, 1.165) is 49.1 Å². The number of halogens is 3. The van der Waals surface area contributed by atoms with Gasteiger partial charge in [-0.25, -0.2) is 9.69 Å². The molecule has 0 bridgehead atoms. The minimum absolute atomic E-state index is 0.0589. The zero-order chi connectivity index (χ0) is 25.5. The molecule has 2 heterocycles. The van der Waals surface area contributed by atoms with Crippen LogP contribution < -0.4 is 15.0 Å². The Morgan fingerprint density at radius 3 is 2.42 bits per heavy atom. The van der Waals surface area contributed by atoms with E-state index in [-0.39, 0.29) is 24.1 Å². The number of anilines is 2. The van der Waals surface area contributed by atoms with E-state index in [1.807, 2.05) is 0 Å². The first kappa shape index (κ1) is 24.1. The van der Waals surface area contributed by atoms with E-state index >= 15 is 0 Å². The van der Waals surface area contributed by atoms with Crippen LogP contribution in [0.2, 0.25) is 0 Å². The molecule has 0 unspecified atom stereocenters. The summed E-state index contributed by atoms with van der Waals surface area (Å²) in [6.07, 6.45) is 4.06. The number of imide groups is 1. The molecule has 2 aromatic rings. The van der Waals surface area contributed by atoms with Crippen LogP contribution in [0.15, 0.2) is 42.7 Å². The van der Waals surface area contributed by atoms with Gasteiger partial charge in [-0.05, 0) is 61.6 Å². The third kappa shape index (κ3) is 4.61. The standard InChI is InChI=1S/C25H25F3N4O4/c26-25(27,28)36-19-8-6-18(7-9-19)32-22(34)24(11-12-24)31(23(32)35)15-17-10-13-29-14-20(17)30-21(33)16-4-2-1-3-5-16/h6-10,13-14,16H,1-5,11-12,15H2,(H,30,33). The molecule has 1 aliphatic heterocycles. The number of hydrogen-bond acceptors (Lipinski definition) is 5. The molecule has 1 N–H and O–H groups in total. The molecule has 3 fully saturated rings. The number of pyridine rings is 1. The van der Waals surface area contributed by atoms with Crippen molar-refractivity contribution in [1.29, 1.82) is 0 Å². The van der Waals surface area contributed by atoms with Gasteiger partial charge >= 0.3 is 12.4 Å². The zero-order valence-corrected chi connectivity index (χ0v) is 19.4. The highest BCUT2D eigenvalue weighted by atomic mass is 19.4. The summed E-state index contributed by atoms with van der Waals surface area (Å²) in [5, 5.41) is 2.95. The Morgan fingerprint density at radius 2 is 1.78 bits per heavy atom. The Hall–Kier alpha value is -3.63. The van der Waals surface area contributed by atoms with Gasteiger partial charge in [0.15, 0.2) is 0 Å². The quantitative estimate of drug-likeness (QED) is 0.562. The van der Waals surface area contributed by atoms with Crippen LogP contribution in [0.5, 0.6) is 5.75 Å². The van der Waals surface area contributed by atoms with Crippen LogP contribution in [0, 0.1) is 5.92 Å². The average molecular weight is 502 g/mol. The van der Waals surface area contributed by atoms with Crippen LogP contribution in [0.4, 0.5) is 29.3 Å². The van der Waals surface area contributed by atoms with E-state index in [2.05, 4.69) is 15.0 Å². The van der Waals surface area contributed by atoms with Gasteiger partial charge in [0.05, 0.1) is 24.1 Å². The lowest BCUT2D eigenvalue weighted by atomic mass is 9.88. The maximum Gasteiger partial charge on any atom is 0.573 e. The SMILES string of the molecule is O=C(Nc1cnccc1CN1C(=O)N(c2ccc(OC(F)(F)F)cc2)C(=O)C12CC2)C1CCCCC1. The molecule has 1 saturated heterocycles. The molecule has 4 amide bonds. The number of nitrogens with zero attached hydrogens (tertiary/aromatic N) is 3. The fourth-order valence-electron chi connectivity index (χ4n) is 5.00. The number of benzene rings is 1. The molecule has 3 aliphatic rings. The number of nitrogens with one attached hydrogen (secondary N) is 1. The van der Waals surface area contributed by atoms with Crippen molar-refractivity contribution >= 4 is 29.2 Å². The summed E-state index contributed by atoms with van der Waals surface area (Å²) in [6, 6.07) is 5.76. The molecule has 36 heavy (non-hydrogen) atoms. The number of amides is 4. The van der Waals surface area contributed by atoms with Crippen molar-refractivity contribution in [3.05, 3.63) is 48.3 Å². The zero-order valence-electron chi connectivity index (χ0n) is 19.4. The van der Waals surface area contributed by atoms with Crippen molar-refractivity contribution in [2.24, 2.45) is 5.92 Å². The van der Waals surface area contributed by atoms with Crippen LogP contribution in [0.1, 0.15) is 50.5 Å². The van der Waals surface area contributed by atoms with Crippen LogP contribution in [-0.4, -0.2) is 39.6 Å². The van der Waals surface area contributed by atoms with Crippen LogP contribution >= 0.6 is 0 Å². The predicted octanol–water partition coefficient (Wildman–Crippen LogP) is 5.00. The topological polar surface area (TPSA) is 91.8 Å². The first-order valence-electron chi connectivity index (χ1n) is 11.9. The van der Waals surface area contributed by atoms with E-state index in [0.29, 0.717) is 24.1 Å². The van der Waals surface area contributed by atoms with Crippen LogP contribution in [0.3, 0.4) is 0 Å². The first-order chi connectivity index (χ1) is 17.2. The Bertz CT molecular complexity index is 1170. The van der Waals surface area contributed by atoms with E-state index in [1.54, 1.807) is 12.3 Å². The van der Waals surface area contributed by atoms with Gasteiger partial charge in [0.25, 0.3) is 5.91 Å². The second kappa shape index (κ2) is 9.11. The Morgan fingerprint density at radius 1 is 1.08 bits per heavy atom. The molecule has 2 aliphatic carbocycles. The Kier molecular flexibility index (Phi) is 6.09. The average Bonchev–Trinajstić information content (AvgIpc) is 3.62. The molecule has 1 spiro atoms. The minimum Gasteiger partial charge on any atom is -0.406 e. The summed E-state index contributed by atoms with van der Waals surface area (Å²) < 4.78 is 41.3. The number of rotatable bonds is 6. The molecule has 190 valence electrons. The largest absolute Gasteiger partial charge is 0.573 e. The highest BCUT2D eigenvalue weighted by Gasteiger charge is 2.65. The number of ether oxygens (including phenoxy) is 1. The summed E-state index contributed by atoms with van der Waals surface area (Å²) >= 11 is 0. The first-order valence-corrected chi connectivity index (χ1v) is 11.9. The molecular formula is C25H25F3N4O4. The number of aromatic nitrogens is 1. The number of carbonyl (C=O) groups is 3. The van der Waals surface area contributed by atoms with E-state index < -0.39 is 29.6 Å². The lowest BCUT2D eigenvalue weighted by molar-refractivity contribution is -0.274. The smallest absolute Gasteiger partial charge is 0.406 e. The molecular weight excluding hydrogens is 477 g/mol. The molecule has 11 heteroatoms. The molecule has 1 aromatic carbocycles. The van der Waals surface area contributed by atoms with Gasteiger partial charge in [-0.1, -0.05) is 19.3 Å². The summed E-state index contributed by atoms with van der Waals surface area (Å²) in [4.78, 5) is 46.0. The third-order valence-corrected chi connectivity index (χ3v) is 7.07. The molecule has 2 saturated carbocycles. The number of carbonyl (C=O) groups excluding carboxylic acids is 3. The summed E-state index contributed by atoms with van der Waals surface area (Å²) in [7, 11) is 0. The number of alkyl halides is 3. The van der Waals surface area contributed by atoms with Crippen LogP contribution in [-0.2, 0) is 16.1 Å². The van der Waals surface area contributed by atoms with Crippen molar-refractivity contribution in [2.75, 3.05) is 10.2 Å². The monoisotopic (exact) mass is 502 g/mol. The predicted molar refractivity (Wildman–Crippen MR) is 123 cm³/mol. The molecule has 0 radical (unpaired) electrons. The Labute approximate surface area is 205 Å². The molecule has 0 atom stereocenters. The third-order valence-electron chi connectivity index (χ3n) is 7.07. The van der Waals surface area contributed by atoms with Gasteiger partial charge in [-0.3, -0.25) is 14.6 Å². The van der Waals surface area contributed by atoms with Crippen LogP contribution in [0.25, 0.3) is 0 Å². The van der Waals surface area contributed by atoms with Gasteiger partial charge in [0, 0.05) is 12.1 Å². The molecule has 8 nitrogen and oxygen atoms in total. The normalized spacial score (nSPS) is 19.6. The number of hydrogen-bond donors (Lipinski definition) is 1. The van der Waals surface area contributed by atoms with E-state index in [1.165, 1.54) is 23.2 Å². The van der Waals surface area contributed by atoms with Crippen molar-refractivity contribution in [3.63, 3.8) is 0 Å². The maximum absolute atomic E-state index is 13.4. The van der Waals surface area contributed by atoms with Gasteiger partial charge in [0.1, 0.15) is 11.3 Å². The minimum atomic E-state index is -4.84. The molecule has 5 rings (SSSR count). The van der Waals surface area contributed by atoms with Crippen molar-refractivity contribution in [1.82, 2.24) is 9.88 Å². The van der Waals surface area contributed by atoms with E-state index in [4.69, 9.17) is 0 Å². The number of urea groups is 1. The fourth-order valence-corrected chi connectivity index (χ4v) is 5.00. The van der Waals surface area contributed by atoms with E-state index in [9.17, 15) is 27.6 Å². The van der Waals surface area contributed by atoms with Crippen molar-refractivity contribution in [3.8, 4) is 5.75 Å². The molecule has 1 aromatic heterocycles. The summed E-state index contributed by atoms with van der Waals surface area (Å²) in [5.74, 6) is -0.995. The second-order valence-corrected chi connectivity index (χ2v) is 9.44. The fraction of sp³-hybridized carbons (Fsp3) is 0.440. The lowest BCUT2D eigenvalue weighted by Gasteiger charge is -2.24. The highest BCUT2D eigenvalue weighted by molar-refractivity contribution is 6.24. The van der Waals surface area contributed by atoms with Crippen molar-refractivity contribution < 1.29 is 32.3 Å². The maximum atomic E-state index is 13.4. The van der Waals surface area contributed by atoms with Gasteiger partial charge in [-0.2, -0.15) is 0 Å². The lowest BCUT2D eigenvalue weighted by Crippen LogP contribution is -2.37. The van der Waals surface area contributed by atoms with Gasteiger partial charge in [-0.15, -0.1) is 13.2 Å². The summed E-state index contributed by atoms with van der Waals surface area (Å²) in [6.45, 7) is 0.0825. The van der Waals surface area contributed by atoms with Gasteiger partial charge < -0.3 is 15.0 Å². The van der Waals surface area contributed by atoms with Crippen molar-refractivity contribution in [2.45, 2.75) is 63.4 Å².